The van der Waals surface area contributed by atoms with Crippen LogP contribution in [0.15, 0.2) is 0 Å². The van der Waals surface area contributed by atoms with Gasteiger partial charge in [0.2, 0.25) is 0 Å². The van der Waals surface area contributed by atoms with Gasteiger partial charge in [-0.15, -0.1) is 0 Å². The molecule has 1 N–H and O–H groups in total. The van der Waals surface area contributed by atoms with E-state index in [0.29, 0.717) is 6.10 Å². The fourth-order valence-electron chi connectivity index (χ4n) is 2.92. The molecule has 0 bridgehead atoms. The van der Waals surface area contributed by atoms with Crippen LogP contribution < -0.4 is 5.32 Å². The molecule has 2 unspecified atom stereocenters. The highest BCUT2D eigenvalue weighted by Crippen LogP contribution is 2.19. The normalized spacial score (nSPS) is 21.3. The van der Waals surface area contributed by atoms with Gasteiger partial charge in [0.25, 0.3) is 0 Å². The molecule has 1 fully saturated rings. The second-order valence-electron chi connectivity index (χ2n) is 5.67. The second-order valence-corrected chi connectivity index (χ2v) is 5.67. The van der Waals surface area contributed by atoms with Crippen molar-refractivity contribution in [3.05, 3.63) is 0 Å². The van der Waals surface area contributed by atoms with Crippen molar-refractivity contribution >= 4 is 0 Å². The minimum atomic E-state index is 0.576. The molecule has 1 aliphatic rings. The van der Waals surface area contributed by atoms with Crippen LogP contribution >= 0.6 is 0 Å². The minimum Gasteiger partial charge on any atom is -0.378 e. The summed E-state index contributed by atoms with van der Waals surface area (Å²) in [6.45, 7) is 6.61. The van der Waals surface area contributed by atoms with Crippen molar-refractivity contribution in [2.75, 3.05) is 13.2 Å². The van der Waals surface area contributed by atoms with Gasteiger partial charge in [0.05, 0.1) is 6.10 Å². The van der Waals surface area contributed by atoms with E-state index in [4.69, 9.17) is 4.74 Å². The van der Waals surface area contributed by atoms with E-state index in [0.717, 1.165) is 19.2 Å². The Morgan fingerprint density at radius 1 is 1.11 bits per heavy atom. The lowest BCUT2D eigenvalue weighted by molar-refractivity contribution is 0.101. The predicted molar refractivity (Wildman–Crippen MR) is 79.0 cm³/mol. The number of hydrogen-bond acceptors (Lipinski definition) is 2. The molecule has 1 heterocycles. The maximum Gasteiger partial charge on any atom is 0.0576 e. The first kappa shape index (κ1) is 16.0. The average molecular weight is 255 g/mol. The van der Waals surface area contributed by atoms with Crippen LogP contribution in [-0.2, 0) is 4.74 Å². The van der Waals surface area contributed by atoms with Gasteiger partial charge >= 0.3 is 0 Å². The molecule has 0 aromatic heterocycles. The Morgan fingerprint density at radius 2 is 1.94 bits per heavy atom. The first-order valence-corrected chi connectivity index (χ1v) is 8.21. The topological polar surface area (TPSA) is 21.3 Å². The molecule has 0 aromatic carbocycles. The van der Waals surface area contributed by atoms with Gasteiger partial charge in [-0.1, -0.05) is 39.5 Å². The van der Waals surface area contributed by atoms with Gasteiger partial charge in [0, 0.05) is 12.6 Å². The van der Waals surface area contributed by atoms with Crippen molar-refractivity contribution in [1.82, 2.24) is 5.32 Å². The Hall–Kier alpha value is -0.0800. The molecule has 0 amide bonds. The Kier molecular flexibility index (Phi) is 9.59. The highest BCUT2D eigenvalue weighted by molar-refractivity contribution is 4.70. The van der Waals surface area contributed by atoms with Gasteiger partial charge in [-0.25, -0.2) is 0 Å². The van der Waals surface area contributed by atoms with Crippen LogP contribution in [0.25, 0.3) is 0 Å². The van der Waals surface area contributed by atoms with Crippen molar-refractivity contribution in [2.45, 2.75) is 90.2 Å². The fourth-order valence-corrected chi connectivity index (χ4v) is 2.92. The first-order valence-electron chi connectivity index (χ1n) is 8.21. The highest BCUT2D eigenvalue weighted by atomic mass is 16.5. The van der Waals surface area contributed by atoms with Gasteiger partial charge in [-0.3, -0.25) is 0 Å². The maximum atomic E-state index is 5.69. The predicted octanol–water partition coefficient (Wildman–Crippen LogP) is 4.28. The van der Waals surface area contributed by atoms with Crippen LogP contribution in [0.3, 0.4) is 0 Å². The monoisotopic (exact) mass is 255 g/mol. The summed E-state index contributed by atoms with van der Waals surface area (Å²) in [4.78, 5) is 0. The molecule has 1 rings (SSSR count). The molecular weight excluding hydrogens is 222 g/mol. The maximum absolute atomic E-state index is 5.69. The smallest absolute Gasteiger partial charge is 0.0576 e. The lowest BCUT2D eigenvalue weighted by Gasteiger charge is -2.18. The lowest BCUT2D eigenvalue weighted by atomic mass is 10.00. The summed E-state index contributed by atoms with van der Waals surface area (Å²) < 4.78 is 5.69. The van der Waals surface area contributed by atoms with E-state index in [1.54, 1.807) is 0 Å². The molecule has 2 heteroatoms. The SMILES string of the molecule is CCCCCCC(CCCC1CCCO1)NCC. The summed E-state index contributed by atoms with van der Waals surface area (Å²) in [7, 11) is 0. The molecule has 108 valence electrons. The number of ether oxygens (including phenoxy) is 1. The quantitative estimate of drug-likeness (QED) is 0.556. The molecule has 0 aromatic rings. The molecular formula is C16H33NO. The number of unbranched alkanes of at least 4 members (excludes halogenated alkanes) is 3. The number of nitrogens with one attached hydrogen (secondary N) is 1. The van der Waals surface area contributed by atoms with Gasteiger partial charge in [-0.2, -0.15) is 0 Å². The van der Waals surface area contributed by atoms with Crippen molar-refractivity contribution < 1.29 is 4.74 Å². The summed E-state index contributed by atoms with van der Waals surface area (Å²) in [6, 6.07) is 0.744. The zero-order valence-corrected chi connectivity index (χ0v) is 12.5. The standard InChI is InChI=1S/C16H33NO/c1-3-5-6-7-10-15(17-4-2)11-8-12-16-13-9-14-18-16/h15-17H,3-14H2,1-2H3. The lowest BCUT2D eigenvalue weighted by Crippen LogP contribution is -2.29. The molecule has 0 aliphatic carbocycles. The largest absolute Gasteiger partial charge is 0.378 e. The van der Waals surface area contributed by atoms with Gasteiger partial charge < -0.3 is 10.1 Å². The fraction of sp³-hybridized carbons (Fsp3) is 1.00. The molecule has 1 saturated heterocycles. The van der Waals surface area contributed by atoms with E-state index in [2.05, 4.69) is 19.2 Å². The highest BCUT2D eigenvalue weighted by Gasteiger charge is 2.15. The summed E-state index contributed by atoms with van der Waals surface area (Å²) in [6.07, 6.45) is 14.0. The van der Waals surface area contributed by atoms with E-state index >= 15 is 0 Å². The van der Waals surface area contributed by atoms with Gasteiger partial charge in [-0.05, 0) is 45.1 Å². The first-order chi connectivity index (χ1) is 8.86. The average Bonchev–Trinajstić information content (AvgIpc) is 2.87. The summed E-state index contributed by atoms with van der Waals surface area (Å²) in [5, 5.41) is 3.64. The molecule has 1 aliphatic heterocycles. The van der Waals surface area contributed by atoms with Crippen LogP contribution in [0, 0.1) is 0 Å². The third kappa shape index (κ3) is 7.38. The van der Waals surface area contributed by atoms with Crippen molar-refractivity contribution in [3.8, 4) is 0 Å². The van der Waals surface area contributed by atoms with E-state index in [-0.39, 0.29) is 0 Å². The summed E-state index contributed by atoms with van der Waals surface area (Å²) >= 11 is 0. The van der Waals surface area contributed by atoms with Gasteiger partial charge in [0.1, 0.15) is 0 Å². The second kappa shape index (κ2) is 10.8. The summed E-state index contributed by atoms with van der Waals surface area (Å²) in [5.41, 5.74) is 0. The Bertz CT molecular complexity index is 178. The van der Waals surface area contributed by atoms with Crippen molar-refractivity contribution in [1.29, 1.82) is 0 Å². The van der Waals surface area contributed by atoms with E-state index < -0.39 is 0 Å². The van der Waals surface area contributed by atoms with Gasteiger partial charge in [0.15, 0.2) is 0 Å². The van der Waals surface area contributed by atoms with Crippen molar-refractivity contribution in [2.24, 2.45) is 0 Å². The van der Waals surface area contributed by atoms with E-state index in [9.17, 15) is 0 Å². The van der Waals surface area contributed by atoms with E-state index in [1.807, 2.05) is 0 Å². The zero-order valence-electron chi connectivity index (χ0n) is 12.5. The zero-order chi connectivity index (χ0) is 13.1. The minimum absolute atomic E-state index is 0.576. The molecule has 0 radical (unpaired) electrons. The third-order valence-corrected chi connectivity index (χ3v) is 4.00. The van der Waals surface area contributed by atoms with Crippen LogP contribution in [-0.4, -0.2) is 25.3 Å². The molecule has 0 saturated carbocycles. The number of hydrogen-bond donors (Lipinski definition) is 1. The van der Waals surface area contributed by atoms with E-state index in [1.165, 1.54) is 64.2 Å². The van der Waals surface area contributed by atoms with Crippen LogP contribution in [0.5, 0.6) is 0 Å². The van der Waals surface area contributed by atoms with Crippen molar-refractivity contribution in [3.63, 3.8) is 0 Å². The molecule has 18 heavy (non-hydrogen) atoms. The third-order valence-electron chi connectivity index (χ3n) is 4.00. The molecule has 2 nitrogen and oxygen atoms in total. The number of rotatable bonds is 11. The molecule has 2 atom stereocenters. The van der Waals surface area contributed by atoms with Crippen LogP contribution in [0.4, 0.5) is 0 Å². The Balaban J connectivity index is 2.04. The Morgan fingerprint density at radius 3 is 2.61 bits per heavy atom. The Labute approximate surface area is 114 Å². The molecule has 0 spiro atoms. The van der Waals surface area contributed by atoms with Crippen LogP contribution in [0.1, 0.15) is 78.1 Å². The summed E-state index contributed by atoms with van der Waals surface area (Å²) in [5.74, 6) is 0. The van der Waals surface area contributed by atoms with Crippen LogP contribution in [0.2, 0.25) is 0 Å².